The van der Waals surface area contributed by atoms with Crippen LogP contribution in [0.3, 0.4) is 0 Å². The Hall–Kier alpha value is -1.31. The third-order valence-electron chi connectivity index (χ3n) is 4.93. The first-order valence-corrected chi connectivity index (χ1v) is 7.40. The average Bonchev–Trinajstić information content (AvgIpc) is 2.47. The van der Waals surface area contributed by atoms with Gasteiger partial charge >= 0.3 is 0 Å². The maximum Gasteiger partial charge on any atom is 0.0224 e. The van der Waals surface area contributed by atoms with Crippen molar-refractivity contribution in [2.75, 3.05) is 14.1 Å². The van der Waals surface area contributed by atoms with Crippen LogP contribution in [-0.4, -0.2) is 24.5 Å². The van der Waals surface area contributed by atoms with Crippen LogP contribution in [0.15, 0.2) is 54.6 Å². The Morgan fingerprint density at radius 3 is 2.24 bits per heavy atom. The van der Waals surface area contributed by atoms with Crippen molar-refractivity contribution in [2.24, 2.45) is 0 Å². The van der Waals surface area contributed by atoms with E-state index in [4.69, 9.17) is 0 Å². The van der Waals surface area contributed by atoms with Gasteiger partial charge in [-0.1, -0.05) is 54.6 Å². The van der Waals surface area contributed by atoms with Gasteiger partial charge in [-0.05, 0) is 50.6 Å². The van der Waals surface area contributed by atoms with Gasteiger partial charge in [-0.15, -0.1) is 12.4 Å². The van der Waals surface area contributed by atoms with Gasteiger partial charge < -0.3 is 4.90 Å². The van der Waals surface area contributed by atoms with Crippen LogP contribution in [0.1, 0.15) is 36.0 Å². The molecule has 0 fully saturated rings. The molecule has 0 radical (unpaired) electrons. The van der Waals surface area contributed by atoms with Crippen molar-refractivity contribution in [3.63, 3.8) is 0 Å². The van der Waals surface area contributed by atoms with Crippen molar-refractivity contribution < 1.29 is 0 Å². The van der Waals surface area contributed by atoms with E-state index in [1.165, 1.54) is 23.1 Å². The lowest BCUT2D eigenvalue weighted by Gasteiger charge is -2.44. The topological polar surface area (TPSA) is 3.24 Å². The Bertz CT molecular complexity index is 594. The minimum absolute atomic E-state index is 0. The molecule has 0 aliphatic heterocycles. The predicted molar refractivity (Wildman–Crippen MR) is 92.4 cm³/mol. The van der Waals surface area contributed by atoms with Gasteiger partial charge in [-0.3, -0.25) is 0 Å². The van der Waals surface area contributed by atoms with E-state index in [1.54, 1.807) is 0 Å². The second-order valence-electron chi connectivity index (χ2n) is 6.43. The molecular formula is C19H24ClN. The molecule has 2 heteroatoms. The molecule has 21 heavy (non-hydrogen) atoms. The van der Waals surface area contributed by atoms with Crippen molar-refractivity contribution in [3.8, 4) is 0 Å². The lowest BCUT2D eigenvalue weighted by atomic mass is 9.70. The van der Waals surface area contributed by atoms with E-state index in [9.17, 15) is 0 Å². The summed E-state index contributed by atoms with van der Waals surface area (Å²) in [7, 11) is 4.41. The standard InChI is InChI=1S/C19H23N.ClH/c1-19(20(2)3)13-16-11-7-8-12-17(16)18(14-19)15-9-5-4-6-10-15;/h4-12,18H,13-14H2,1-3H3;1H/t18-,19-;/m0./s1. The van der Waals surface area contributed by atoms with Crippen LogP contribution in [0.5, 0.6) is 0 Å². The Balaban J connectivity index is 0.00000161. The molecule has 0 amide bonds. The van der Waals surface area contributed by atoms with Crippen LogP contribution in [0, 0.1) is 0 Å². The highest BCUT2D eigenvalue weighted by molar-refractivity contribution is 5.85. The highest BCUT2D eigenvalue weighted by Crippen LogP contribution is 2.42. The van der Waals surface area contributed by atoms with Crippen LogP contribution < -0.4 is 0 Å². The molecule has 0 saturated heterocycles. The highest BCUT2D eigenvalue weighted by Gasteiger charge is 2.37. The summed E-state index contributed by atoms with van der Waals surface area (Å²) in [5.74, 6) is 0.508. The van der Waals surface area contributed by atoms with Gasteiger partial charge in [-0.2, -0.15) is 0 Å². The Morgan fingerprint density at radius 1 is 0.952 bits per heavy atom. The summed E-state index contributed by atoms with van der Waals surface area (Å²) in [6.45, 7) is 2.39. The normalized spacial score (nSPS) is 24.3. The van der Waals surface area contributed by atoms with Crippen LogP contribution in [0.4, 0.5) is 0 Å². The van der Waals surface area contributed by atoms with E-state index < -0.39 is 0 Å². The molecule has 2 aromatic carbocycles. The molecule has 2 aromatic rings. The van der Waals surface area contributed by atoms with Crippen molar-refractivity contribution >= 4 is 12.4 Å². The Morgan fingerprint density at radius 2 is 1.57 bits per heavy atom. The lowest BCUT2D eigenvalue weighted by molar-refractivity contribution is 0.144. The number of hydrogen-bond acceptors (Lipinski definition) is 1. The van der Waals surface area contributed by atoms with Crippen LogP contribution in [0.25, 0.3) is 0 Å². The van der Waals surface area contributed by atoms with Gasteiger partial charge in [0, 0.05) is 11.5 Å². The van der Waals surface area contributed by atoms with Crippen LogP contribution >= 0.6 is 12.4 Å². The summed E-state index contributed by atoms with van der Waals surface area (Å²) in [4.78, 5) is 2.39. The second-order valence-corrected chi connectivity index (χ2v) is 6.43. The number of rotatable bonds is 2. The Labute approximate surface area is 134 Å². The molecule has 0 unspecified atom stereocenters. The molecule has 2 atom stereocenters. The van der Waals surface area contributed by atoms with E-state index in [0.717, 1.165) is 6.42 Å². The van der Waals surface area contributed by atoms with Crippen molar-refractivity contribution in [1.82, 2.24) is 4.90 Å². The van der Waals surface area contributed by atoms with E-state index in [0.29, 0.717) is 5.92 Å². The van der Waals surface area contributed by atoms with Crippen LogP contribution in [-0.2, 0) is 6.42 Å². The van der Waals surface area contributed by atoms with E-state index in [2.05, 4.69) is 80.5 Å². The van der Waals surface area contributed by atoms with Gasteiger partial charge in [0.1, 0.15) is 0 Å². The minimum Gasteiger partial charge on any atom is -0.304 e. The second kappa shape index (κ2) is 6.21. The number of nitrogens with zero attached hydrogens (tertiary/aromatic N) is 1. The molecular weight excluding hydrogens is 278 g/mol. The molecule has 0 spiro atoms. The highest BCUT2D eigenvalue weighted by atomic mass is 35.5. The van der Waals surface area contributed by atoms with Crippen LogP contribution in [0.2, 0.25) is 0 Å². The van der Waals surface area contributed by atoms with Gasteiger partial charge in [-0.25, -0.2) is 0 Å². The summed E-state index contributed by atoms with van der Waals surface area (Å²) < 4.78 is 0. The lowest BCUT2D eigenvalue weighted by Crippen LogP contribution is -2.47. The van der Waals surface area contributed by atoms with Crippen molar-refractivity contribution in [3.05, 3.63) is 71.3 Å². The monoisotopic (exact) mass is 301 g/mol. The fourth-order valence-electron chi connectivity index (χ4n) is 3.39. The summed E-state index contributed by atoms with van der Waals surface area (Å²) in [5.41, 5.74) is 4.68. The molecule has 1 aliphatic rings. The predicted octanol–water partition coefficient (Wildman–Crippen LogP) is 4.51. The maximum absolute atomic E-state index is 2.39. The van der Waals surface area contributed by atoms with E-state index >= 15 is 0 Å². The van der Waals surface area contributed by atoms with Gasteiger partial charge in [0.2, 0.25) is 0 Å². The molecule has 0 saturated carbocycles. The molecule has 112 valence electrons. The quantitative estimate of drug-likeness (QED) is 0.789. The first-order valence-electron chi connectivity index (χ1n) is 7.40. The molecule has 0 bridgehead atoms. The van der Waals surface area contributed by atoms with E-state index in [1.807, 2.05) is 0 Å². The Kier molecular flexibility index (Phi) is 4.75. The zero-order valence-electron chi connectivity index (χ0n) is 13.0. The smallest absolute Gasteiger partial charge is 0.0224 e. The zero-order chi connectivity index (χ0) is 14.2. The number of halogens is 1. The summed E-state index contributed by atoms with van der Waals surface area (Å²) in [6, 6.07) is 19.9. The van der Waals surface area contributed by atoms with Gasteiger partial charge in [0.25, 0.3) is 0 Å². The fourth-order valence-corrected chi connectivity index (χ4v) is 3.39. The summed E-state index contributed by atoms with van der Waals surface area (Å²) in [6.07, 6.45) is 2.32. The van der Waals surface area contributed by atoms with Crippen molar-refractivity contribution in [1.29, 1.82) is 0 Å². The molecule has 1 nitrogen and oxygen atoms in total. The fraction of sp³-hybridized carbons (Fsp3) is 0.368. The third kappa shape index (κ3) is 3.00. The molecule has 0 N–H and O–H groups in total. The zero-order valence-corrected chi connectivity index (χ0v) is 13.9. The number of likely N-dealkylation sites (N-methyl/N-ethyl adjacent to an activating group) is 1. The van der Waals surface area contributed by atoms with Crippen molar-refractivity contribution in [2.45, 2.75) is 31.2 Å². The third-order valence-corrected chi connectivity index (χ3v) is 4.93. The summed E-state index contributed by atoms with van der Waals surface area (Å²) in [5, 5.41) is 0. The molecule has 1 aliphatic carbocycles. The minimum atomic E-state index is 0. The largest absolute Gasteiger partial charge is 0.304 e. The number of hydrogen-bond donors (Lipinski definition) is 0. The molecule has 0 heterocycles. The first kappa shape index (κ1) is 16.1. The van der Waals surface area contributed by atoms with Gasteiger partial charge in [0.15, 0.2) is 0 Å². The summed E-state index contributed by atoms with van der Waals surface area (Å²) >= 11 is 0. The van der Waals surface area contributed by atoms with Gasteiger partial charge in [0.05, 0.1) is 0 Å². The SMILES string of the molecule is CN(C)[C@@]1(C)Cc2ccccc2[C@H](c2ccccc2)C1.Cl. The number of fused-ring (bicyclic) bond motifs is 1. The van der Waals surface area contributed by atoms with E-state index in [-0.39, 0.29) is 17.9 Å². The molecule has 0 aromatic heterocycles. The molecule has 3 rings (SSSR count). The maximum atomic E-state index is 2.39. The average molecular weight is 302 g/mol. The number of benzene rings is 2. The first-order chi connectivity index (χ1) is 9.60.